The minimum Gasteiger partial charge on any atom is -0.469 e. The molecule has 0 aromatic rings. The van der Waals surface area contributed by atoms with Crippen molar-refractivity contribution >= 4 is 11.9 Å². The normalized spacial score (nSPS) is 22.6. The van der Waals surface area contributed by atoms with Gasteiger partial charge in [0.15, 0.2) is 0 Å². The lowest BCUT2D eigenvalue weighted by atomic mass is 10.1. The number of hydrogen-bond acceptors (Lipinski definition) is 3. The zero-order valence-corrected chi connectivity index (χ0v) is 8.92. The molecule has 0 aliphatic heterocycles. The lowest BCUT2D eigenvalue weighted by Crippen LogP contribution is -2.28. The molecule has 0 saturated heterocycles. The Morgan fingerprint density at radius 1 is 1.50 bits per heavy atom. The summed E-state index contributed by atoms with van der Waals surface area (Å²) in [6, 6.07) is 0. The number of esters is 1. The first-order chi connectivity index (χ1) is 6.47. The first-order valence-electron chi connectivity index (χ1n) is 4.82. The summed E-state index contributed by atoms with van der Waals surface area (Å²) in [6.07, 6.45) is 1.19. The molecule has 1 aliphatic carbocycles. The van der Waals surface area contributed by atoms with Gasteiger partial charge in [0, 0.05) is 12.5 Å². The van der Waals surface area contributed by atoms with Gasteiger partial charge in [-0.15, -0.1) is 0 Å². The third kappa shape index (κ3) is 2.72. The summed E-state index contributed by atoms with van der Waals surface area (Å²) in [5, 5.41) is 2.73. The van der Waals surface area contributed by atoms with E-state index in [-0.39, 0.29) is 29.6 Å². The Morgan fingerprint density at radius 2 is 2.07 bits per heavy atom. The van der Waals surface area contributed by atoms with E-state index >= 15 is 0 Å². The van der Waals surface area contributed by atoms with Crippen LogP contribution in [-0.2, 0) is 14.3 Å². The van der Waals surface area contributed by atoms with Crippen LogP contribution in [0.3, 0.4) is 0 Å². The summed E-state index contributed by atoms with van der Waals surface area (Å²) in [7, 11) is 1.34. The van der Waals surface area contributed by atoms with Crippen LogP contribution in [0.25, 0.3) is 0 Å². The van der Waals surface area contributed by atoms with Gasteiger partial charge in [-0.25, -0.2) is 0 Å². The van der Waals surface area contributed by atoms with Crippen molar-refractivity contribution < 1.29 is 14.3 Å². The fourth-order valence-electron chi connectivity index (χ4n) is 1.43. The maximum absolute atomic E-state index is 11.4. The molecule has 0 spiro atoms. The predicted octanol–water partition coefficient (Wildman–Crippen LogP) is 0.712. The van der Waals surface area contributed by atoms with Gasteiger partial charge in [0.25, 0.3) is 0 Å². The van der Waals surface area contributed by atoms with Gasteiger partial charge in [0.1, 0.15) is 0 Å². The standard InChI is InChI=1S/C10H17NO3/c1-10(2)6-7(10)9(13)11-5-4-8(12)14-3/h7H,4-6H2,1-3H3,(H,11,13). The van der Waals surface area contributed by atoms with Crippen molar-refractivity contribution in [2.24, 2.45) is 11.3 Å². The Labute approximate surface area is 84.0 Å². The number of methoxy groups -OCH3 is 1. The topological polar surface area (TPSA) is 55.4 Å². The molecule has 0 radical (unpaired) electrons. The molecule has 0 aromatic heterocycles. The first kappa shape index (κ1) is 11.0. The minimum atomic E-state index is -0.291. The molecular weight excluding hydrogens is 182 g/mol. The lowest BCUT2D eigenvalue weighted by Gasteiger charge is -2.05. The van der Waals surface area contributed by atoms with E-state index in [9.17, 15) is 9.59 Å². The van der Waals surface area contributed by atoms with Crippen LogP contribution in [0.4, 0.5) is 0 Å². The number of carbonyl (C=O) groups excluding carboxylic acids is 2. The monoisotopic (exact) mass is 199 g/mol. The number of rotatable bonds is 4. The van der Waals surface area contributed by atoms with Gasteiger partial charge in [0.05, 0.1) is 13.5 Å². The van der Waals surface area contributed by atoms with Gasteiger partial charge in [-0.2, -0.15) is 0 Å². The predicted molar refractivity (Wildman–Crippen MR) is 51.5 cm³/mol. The fourth-order valence-corrected chi connectivity index (χ4v) is 1.43. The second-order valence-corrected chi connectivity index (χ2v) is 4.36. The maximum Gasteiger partial charge on any atom is 0.307 e. The molecule has 1 fully saturated rings. The van der Waals surface area contributed by atoms with Crippen molar-refractivity contribution in [2.45, 2.75) is 26.7 Å². The number of hydrogen-bond donors (Lipinski definition) is 1. The average molecular weight is 199 g/mol. The van der Waals surface area contributed by atoms with Gasteiger partial charge in [-0.05, 0) is 11.8 Å². The van der Waals surface area contributed by atoms with Gasteiger partial charge in [0.2, 0.25) is 5.91 Å². The van der Waals surface area contributed by atoms with E-state index in [1.54, 1.807) is 0 Å². The van der Waals surface area contributed by atoms with Gasteiger partial charge >= 0.3 is 5.97 Å². The molecule has 1 atom stereocenters. The lowest BCUT2D eigenvalue weighted by molar-refractivity contribution is -0.140. The largest absolute Gasteiger partial charge is 0.469 e. The summed E-state index contributed by atoms with van der Waals surface area (Å²) in [5.41, 5.74) is 0.148. The third-order valence-corrected chi connectivity index (χ3v) is 2.69. The van der Waals surface area contributed by atoms with Crippen molar-refractivity contribution in [3.63, 3.8) is 0 Å². The fraction of sp³-hybridized carbons (Fsp3) is 0.800. The van der Waals surface area contributed by atoms with E-state index in [1.165, 1.54) is 7.11 Å². The van der Waals surface area contributed by atoms with Crippen molar-refractivity contribution in [1.82, 2.24) is 5.32 Å². The number of nitrogens with one attached hydrogen (secondary N) is 1. The molecule has 4 nitrogen and oxygen atoms in total. The van der Waals surface area contributed by atoms with Crippen LogP contribution in [0.1, 0.15) is 26.7 Å². The number of ether oxygens (including phenoxy) is 1. The van der Waals surface area contributed by atoms with Crippen LogP contribution < -0.4 is 5.32 Å². The quantitative estimate of drug-likeness (QED) is 0.678. The van der Waals surface area contributed by atoms with Crippen molar-refractivity contribution in [1.29, 1.82) is 0 Å². The molecular formula is C10H17NO3. The summed E-state index contributed by atoms with van der Waals surface area (Å²) in [5.74, 6) is -0.112. The third-order valence-electron chi connectivity index (χ3n) is 2.69. The van der Waals surface area contributed by atoms with E-state index in [0.717, 1.165) is 6.42 Å². The van der Waals surface area contributed by atoms with Gasteiger partial charge in [-0.3, -0.25) is 9.59 Å². The molecule has 0 bridgehead atoms. The van der Waals surface area contributed by atoms with Gasteiger partial charge in [-0.1, -0.05) is 13.8 Å². The first-order valence-corrected chi connectivity index (χ1v) is 4.82. The molecule has 1 rings (SSSR count). The van der Waals surface area contributed by atoms with Crippen LogP contribution in [0.5, 0.6) is 0 Å². The number of amides is 1. The molecule has 4 heteroatoms. The van der Waals surface area contributed by atoms with Crippen LogP contribution in [0.2, 0.25) is 0 Å². The van der Waals surface area contributed by atoms with Crippen LogP contribution in [0.15, 0.2) is 0 Å². The molecule has 0 heterocycles. The Kier molecular flexibility index (Phi) is 3.13. The minimum absolute atomic E-state index is 0.0545. The van der Waals surface area contributed by atoms with E-state index in [2.05, 4.69) is 23.9 Å². The van der Waals surface area contributed by atoms with Crippen LogP contribution >= 0.6 is 0 Å². The second-order valence-electron chi connectivity index (χ2n) is 4.36. The zero-order chi connectivity index (χ0) is 10.8. The van der Waals surface area contributed by atoms with Crippen LogP contribution in [0, 0.1) is 11.3 Å². The molecule has 0 aromatic carbocycles. The SMILES string of the molecule is COC(=O)CCNC(=O)C1CC1(C)C. The number of carbonyl (C=O) groups is 2. The van der Waals surface area contributed by atoms with E-state index < -0.39 is 0 Å². The molecule has 1 N–H and O–H groups in total. The Balaban J connectivity index is 2.14. The highest BCUT2D eigenvalue weighted by atomic mass is 16.5. The molecule has 14 heavy (non-hydrogen) atoms. The smallest absolute Gasteiger partial charge is 0.307 e. The average Bonchev–Trinajstić information content (AvgIpc) is 2.75. The van der Waals surface area contributed by atoms with Crippen LogP contribution in [-0.4, -0.2) is 25.5 Å². The highest BCUT2D eigenvalue weighted by molar-refractivity contribution is 5.82. The van der Waals surface area contributed by atoms with Crippen molar-refractivity contribution in [3.8, 4) is 0 Å². The Hall–Kier alpha value is -1.06. The molecule has 80 valence electrons. The summed E-state index contributed by atoms with van der Waals surface area (Å²) < 4.78 is 4.46. The zero-order valence-electron chi connectivity index (χ0n) is 8.92. The Bertz CT molecular complexity index is 248. The molecule has 1 unspecified atom stereocenters. The van der Waals surface area contributed by atoms with E-state index in [0.29, 0.717) is 6.54 Å². The van der Waals surface area contributed by atoms with E-state index in [4.69, 9.17) is 0 Å². The molecule has 1 aliphatic rings. The van der Waals surface area contributed by atoms with Crippen molar-refractivity contribution in [2.75, 3.05) is 13.7 Å². The van der Waals surface area contributed by atoms with Gasteiger partial charge < -0.3 is 10.1 Å². The van der Waals surface area contributed by atoms with E-state index in [1.807, 2.05) is 0 Å². The van der Waals surface area contributed by atoms with Crippen molar-refractivity contribution in [3.05, 3.63) is 0 Å². The Morgan fingerprint density at radius 3 is 2.50 bits per heavy atom. The highest BCUT2D eigenvalue weighted by Gasteiger charge is 2.50. The summed E-state index contributed by atoms with van der Waals surface area (Å²) in [6.45, 7) is 4.51. The molecule has 1 saturated carbocycles. The second kappa shape index (κ2) is 3.98. The highest BCUT2D eigenvalue weighted by Crippen LogP contribution is 2.51. The summed E-state index contributed by atoms with van der Waals surface area (Å²) in [4.78, 5) is 22.2. The molecule has 1 amide bonds. The summed E-state index contributed by atoms with van der Waals surface area (Å²) >= 11 is 0. The maximum atomic E-state index is 11.4.